The summed E-state index contributed by atoms with van der Waals surface area (Å²) in [5.41, 5.74) is 10.9. The van der Waals surface area contributed by atoms with Gasteiger partial charge in [0.1, 0.15) is 17.2 Å². The molecule has 0 saturated heterocycles. The van der Waals surface area contributed by atoms with Crippen LogP contribution in [-0.2, 0) is 0 Å². The lowest BCUT2D eigenvalue weighted by atomic mass is 10.1. The highest BCUT2D eigenvalue weighted by Gasteiger charge is 2.11. The first-order chi connectivity index (χ1) is 17.5. The lowest BCUT2D eigenvalue weighted by molar-refractivity contribution is 0.395. The zero-order chi connectivity index (χ0) is 25.1. The van der Waals surface area contributed by atoms with E-state index >= 15 is 0 Å². The monoisotopic (exact) mass is 496 g/mol. The number of methoxy groups -OCH3 is 2. The van der Waals surface area contributed by atoms with Gasteiger partial charge < -0.3 is 30.6 Å². The summed E-state index contributed by atoms with van der Waals surface area (Å²) in [5.74, 6) is 1.76. The second-order valence-corrected chi connectivity index (χ2v) is 8.42. The molecule has 0 radical (unpaired) electrons. The van der Waals surface area contributed by atoms with Crippen molar-refractivity contribution in [2.24, 2.45) is 0 Å². The number of rotatable bonds is 6. The number of aromatic nitrogens is 1. The Morgan fingerprint density at radius 2 is 1.33 bits per heavy atom. The average molecular weight is 497 g/mol. The zero-order valence-corrected chi connectivity index (χ0v) is 20.6. The van der Waals surface area contributed by atoms with Gasteiger partial charge in [-0.1, -0.05) is 36.4 Å². The maximum Gasteiger partial charge on any atom is 0.266 e. The van der Waals surface area contributed by atoms with Crippen LogP contribution in [0.2, 0.25) is 0 Å². The number of pyridine rings is 1. The van der Waals surface area contributed by atoms with E-state index in [2.05, 4.69) is 10.6 Å². The average Bonchev–Trinajstić information content (AvgIpc) is 2.87. The number of nitrogens with one attached hydrogen (secondary N) is 2. The Bertz CT molecular complexity index is 1510. The second-order valence-electron chi connectivity index (χ2n) is 8.05. The van der Waals surface area contributed by atoms with Gasteiger partial charge >= 0.3 is 0 Å². The van der Waals surface area contributed by atoms with Crippen molar-refractivity contribution in [2.45, 2.75) is 0 Å². The maximum atomic E-state index is 6.21. The third kappa shape index (κ3) is 4.94. The van der Waals surface area contributed by atoms with Crippen molar-refractivity contribution in [1.29, 1.82) is 0 Å². The standard InChI is InChI=1S/C28H24N4O3S/c1-33-20-13-19(14-21(16-20)34-2)31-28(36)35-22-12-17(29)11-18(15-22)30-27-23-7-3-5-9-25(23)32-26-10-6-4-8-24(26)27/h3-16H,29H2,1-2H3,(H,30,32)(H,31,36). The van der Waals surface area contributed by atoms with Gasteiger partial charge in [-0.15, -0.1) is 0 Å². The maximum absolute atomic E-state index is 6.21. The molecular formula is C28H24N4O3S. The summed E-state index contributed by atoms with van der Waals surface area (Å²) in [6.45, 7) is 0. The van der Waals surface area contributed by atoms with Gasteiger partial charge in [0.25, 0.3) is 5.17 Å². The van der Waals surface area contributed by atoms with Crippen molar-refractivity contribution in [3.05, 3.63) is 84.9 Å². The topological polar surface area (TPSA) is 90.7 Å². The normalized spacial score (nSPS) is 10.7. The van der Waals surface area contributed by atoms with Crippen LogP contribution in [0.4, 0.5) is 22.7 Å². The first-order valence-electron chi connectivity index (χ1n) is 11.2. The fourth-order valence-electron chi connectivity index (χ4n) is 4.00. The van der Waals surface area contributed by atoms with E-state index in [1.165, 1.54) is 0 Å². The number of fused-ring (bicyclic) bond motifs is 2. The molecule has 4 N–H and O–H groups in total. The number of thiocarbonyl (C=S) groups is 1. The van der Waals surface area contributed by atoms with Crippen LogP contribution in [0, 0.1) is 0 Å². The molecule has 0 saturated carbocycles. The first-order valence-corrected chi connectivity index (χ1v) is 11.6. The molecule has 0 atom stereocenters. The Morgan fingerprint density at radius 1 is 0.750 bits per heavy atom. The number of ether oxygens (including phenoxy) is 3. The number of nitrogen functional groups attached to an aromatic ring is 1. The predicted octanol–water partition coefficient (Wildman–Crippen LogP) is 6.51. The molecule has 1 aromatic heterocycles. The fourth-order valence-corrected chi connectivity index (χ4v) is 4.22. The van der Waals surface area contributed by atoms with Crippen LogP contribution in [0.5, 0.6) is 17.2 Å². The minimum atomic E-state index is 0.154. The Morgan fingerprint density at radius 3 is 1.94 bits per heavy atom. The van der Waals surface area contributed by atoms with Crippen LogP contribution in [0.3, 0.4) is 0 Å². The number of nitrogens with two attached hydrogens (primary N) is 1. The van der Waals surface area contributed by atoms with E-state index in [0.717, 1.165) is 33.2 Å². The number of benzene rings is 4. The van der Waals surface area contributed by atoms with Crippen molar-refractivity contribution in [1.82, 2.24) is 4.98 Å². The quantitative estimate of drug-likeness (QED) is 0.139. The molecule has 8 heteroatoms. The molecule has 7 nitrogen and oxygen atoms in total. The highest BCUT2D eigenvalue weighted by Crippen LogP contribution is 2.35. The van der Waals surface area contributed by atoms with Gasteiger partial charge in [0.2, 0.25) is 0 Å². The Labute approximate surface area is 213 Å². The van der Waals surface area contributed by atoms with Crippen molar-refractivity contribution in [3.8, 4) is 17.2 Å². The molecular weight excluding hydrogens is 472 g/mol. The molecule has 0 aliphatic heterocycles. The van der Waals surface area contributed by atoms with E-state index in [9.17, 15) is 0 Å². The Balaban J connectivity index is 1.43. The van der Waals surface area contributed by atoms with Gasteiger partial charge in [0.05, 0.1) is 30.9 Å². The minimum Gasteiger partial charge on any atom is -0.497 e. The van der Waals surface area contributed by atoms with E-state index in [0.29, 0.717) is 28.6 Å². The number of para-hydroxylation sites is 2. The van der Waals surface area contributed by atoms with E-state index in [1.54, 1.807) is 38.5 Å². The molecule has 0 fully saturated rings. The van der Waals surface area contributed by atoms with E-state index in [1.807, 2.05) is 60.7 Å². The van der Waals surface area contributed by atoms with Crippen LogP contribution in [0.25, 0.3) is 21.8 Å². The number of nitrogens with zero attached hydrogens (tertiary/aromatic N) is 1. The van der Waals surface area contributed by atoms with Crippen molar-refractivity contribution in [2.75, 3.05) is 30.6 Å². The van der Waals surface area contributed by atoms with Gasteiger partial charge in [-0.2, -0.15) is 0 Å². The second kappa shape index (κ2) is 9.97. The summed E-state index contributed by atoms with van der Waals surface area (Å²) in [4.78, 5) is 4.79. The molecule has 0 spiro atoms. The first kappa shape index (κ1) is 23.2. The zero-order valence-electron chi connectivity index (χ0n) is 19.7. The van der Waals surface area contributed by atoms with Gasteiger partial charge in [-0.25, -0.2) is 4.98 Å². The van der Waals surface area contributed by atoms with Crippen molar-refractivity contribution >= 4 is 61.9 Å². The molecule has 36 heavy (non-hydrogen) atoms. The van der Waals surface area contributed by atoms with E-state index in [4.69, 9.17) is 37.1 Å². The highest BCUT2D eigenvalue weighted by molar-refractivity contribution is 7.80. The van der Waals surface area contributed by atoms with Crippen molar-refractivity contribution in [3.63, 3.8) is 0 Å². The fraction of sp³-hybridized carbons (Fsp3) is 0.0714. The molecule has 4 aromatic carbocycles. The van der Waals surface area contributed by atoms with E-state index in [-0.39, 0.29) is 5.17 Å². The summed E-state index contributed by atoms with van der Waals surface area (Å²) < 4.78 is 16.5. The third-order valence-corrected chi connectivity index (χ3v) is 5.78. The van der Waals surface area contributed by atoms with Gasteiger partial charge in [-0.3, -0.25) is 0 Å². The van der Waals surface area contributed by atoms with Crippen LogP contribution in [0.15, 0.2) is 84.9 Å². The number of hydrogen-bond donors (Lipinski definition) is 3. The Hall–Kier alpha value is -4.56. The predicted molar refractivity (Wildman–Crippen MR) is 150 cm³/mol. The van der Waals surface area contributed by atoms with Crippen LogP contribution in [0.1, 0.15) is 0 Å². The van der Waals surface area contributed by atoms with Crippen LogP contribution < -0.4 is 30.6 Å². The molecule has 0 unspecified atom stereocenters. The smallest absolute Gasteiger partial charge is 0.266 e. The van der Waals surface area contributed by atoms with Crippen LogP contribution in [-0.4, -0.2) is 24.4 Å². The summed E-state index contributed by atoms with van der Waals surface area (Å²) in [6.07, 6.45) is 0. The Kier molecular flexibility index (Phi) is 6.42. The largest absolute Gasteiger partial charge is 0.497 e. The van der Waals surface area contributed by atoms with Crippen LogP contribution >= 0.6 is 12.2 Å². The molecule has 0 aliphatic rings. The van der Waals surface area contributed by atoms with Gasteiger partial charge in [0, 0.05) is 58.2 Å². The SMILES string of the molecule is COc1cc(NC(=S)Oc2cc(N)cc(Nc3c4ccccc4nc4ccccc34)c2)cc(OC)c1. The molecule has 1 heterocycles. The molecule has 0 aliphatic carbocycles. The summed E-state index contributed by atoms with van der Waals surface area (Å²) in [6, 6.07) is 26.8. The van der Waals surface area contributed by atoms with E-state index < -0.39 is 0 Å². The number of anilines is 4. The van der Waals surface area contributed by atoms with Crippen molar-refractivity contribution < 1.29 is 14.2 Å². The summed E-state index contributed by atoms with van der Waals surface area (Å²) in [7, 11) is 3.17. The molecule has 0 bridgehead atoms. The summed E-state index contributed by atoms with van der Waals surface area (Å²) >= 11 is 5.44. The molecule has 5 rings (SSSR count). The van der Waals surface area contributed by atoms with Gasteiger partial charge in [-0.05, 0) is 30.4 Å². The summed E-state index contributed by atoms with van der Waals surface area (Å²) in [5, 5.41) is 8.75. The molecule has 180 valence electrons. The molecule has 5 aromatic rings. The third-order valence-electron chi connectivity index (χ3n) is 5.59. The lowest BCUT2D eigenvalue weighted by Crippen LogP contribution is -2.16. The number of hydrogen-bond acceptors (Lipinski definition) is 7. The van der Waals surface area contributed by atoms with Gasteiger partial charge in [0.15, 0.2) is 0 Å². The lowest BCUT2D eigenvalue weighted by Gasteiger charge is -2.16. The highest BCUT2D eigenvalue weighted by atomic mass is 32.1. The molecule has 0 amide bonds. The minimum absolute atomic E-state index is 0.154.